The first-order valence-electron chi connectivity index (χ1n) is 21.9. The number of anilines is 1. The number of phenolic OH excluding ortho intramolecular Hbond substituents is 1. The number of carboxylic acid groups (broad SMARTS) is 1. The zero-order chi connectivity index (χ0) is 48.2. The number of phenols is 1. The first kappa shape index (κ1) is 53.0. The van der Waals surface area contributed by atoms with Gasteiger partial charge in [0.15, 0.2) is 0 Å². The van der Waals surface area contributed by atoms with Gasteiger partial charge >= 0.3 is 5.97 Å². The molecule has 2 bridgehead atoms. The fourth-order valence-electron chi connectivity index (χ4n) is 6.99. The number of hydrogen-bond donors (Lipinski definition) is 13. The number of carbonyl (C=O) groups excluding carboxylic acids is 7. The normalized spacial score (nSPS) is 20.1. The van der Waals surface area contributed by atoms with E-state index in [1.54, 1.807) is 26.0 Å². The van der Waals surface area contributed by atoms with E-state index in [-0.39, 0.29) is 80.6 Å². The third-order valence-electron chi connectivity index (χ3n) is 10.8. The minimum atomic E-state index is -1.67. The van der Waals surface area contributed by atoms with Crippen molar-refractivity contribution in [1.29, 1.82) is 0 Å². The largest absolute Gasteiger partial charge is 0.508 e. The molecule has 7 amide bonds. The topological polar surface area (TPSA) is 360 Å². The summed E-state index contributed by atoms with van der Waals surface area (Å²) in [5, 5.41) is 48.5. The van der Waals surface area contributed by atoms with Crippen LogP contribution in [0.25, 0.3) is 0 Å². The van der Waals surface area contributed by atoms with E-state index >= 15 is 0 Å². The predicted octanol–water partition coefficient (Wildman–Crippen LogP) is -0.967. The van der Waals surface area contributed by atoms with Gasteiger partial charge in [0.25, 0.3) is 11.8 Å². The maximum atomic E-state index is 14.1. The summed E-state index contributed by atoms with van der Waals surface area (Å²) >= 11 is 0. The lowest BCUT2D eigenvalue weighted by atomic mass is 10.0. The van der Waals surface area contributed by atoms with Crippen molar-refractivity contribution in [2.75, 3.05) is 25.4 Å². The minimum absolute atomic E-state index is 0.0330. The SMILES string of the molecule is CC(C)[C@H](NC(=O)C1CCCCNC(=O)c2cc(N)cc(c2)C(=O)NCCCC[C@H](NC(=O)[C@H](CCCCN)NC(=O)[C@@H](N)Cc2ccc(O)cc2)C(=O)NC([C@@H](C)O)C(=O)N1)C(=O)O. The molecule has 0 saturated carbocycles. The second-order valence-corrected chi connectivity index (χ2v) is 16.6. The summed E-state index contributed by atoms with van der Waals surface area (Å²) in [6, 6.07) is 2.35. The quantitative estimate of drug-likeness (QED) is 0.0756. The second kappa shape index (κ2) is 26.5. The molecule has 0 aromatic heterocycles. The molecule has 7 atom stereocenters. The lowest BCUT2D eigenvalue weighted by Crippen LogP contribution is -2.61. The molecule has 0 spiro atoms. The smallest absolute Gasteiger partial charge is 0.326 e. The molecule has 21 nitrogen and oxygen atoms in total. The fourth-order valence-corrected chi connectivity index (χ4v) is 6.99. The highest BCUT2D eigenvalue weighted by Gasteiger charge is 2.35. The number of amides is 7. The molecule has 21 heteroatoms. The maximum Gasteiger partial charge on any atom is 0.326 e. The molecular weight excluding hydrogens is 845 g/mol. The molecule has 2 unspecified atom stereocenters. The number of unbranched alkanes of at least 4 members (excludes halogenated alkanes) is 1. The van der Waals surface area contributed by atoms with Crippen LogP contribution >= 0.6 is 0 Å². The average molecular weight is 911 g/mol. The summed E-state index contributed by atoms with van der Waals surface area (Å²) in [6.45, 7) is 4.94. The van der Waals surface area contributed by atoms with Crippen LogP contribution in [0.5, 0.6) is 5.75 Å². The van der Waals surface area contributed by atoms with Gasteiger partial charge in [-0.15, -0.1) is 0 Å². The third-order valence-corrected chi connectivity index (χ3v) is 10.8. The molecule has 65 heavy (non-hydrogen) atoms. The number of nitrogen functional groups attached to an aromatic ring is 1. The number of rotatable bonds is 15. The molecule has 0 aliphatic carbocycles. The summed E-state index contributed by atoms with van der Waals surface area (Å²) in [5.74, 6) is -6.96. The summed E-state index contributed by atoms with van der Waals surface area (Å²) < 4.78 is 0. The maximum absolute atomic E-state index is 14.1. The van der Waals surface area contributed by atoms with Crippen LogP contribution in [0.15, 0.2) is 42.5 Å². The number of benzene rings is 2. The van der Waals surface area contributed by atoms with E-state index in [9.17, 15) is 53.7 Å². The highest BCUT2D eigenvalue weighted by molar-refractivity contribution is 6.01. The number of carboxylic acids is 1. The van der Waals surface area contributed by atoms with Gasteiger partial charge in [0.1, 0.15) is 36.0 Å². The number of nitrogens with two attached hydrogens (primary N) is 3. The van der Waals surface area contributed by atoms with Crippen LogP contribution in [0.2, 0.25) is 0 Å². The van der Waals surface area contributed by atoms with Crippen LogP contribution in [0.3, 0.4) is 0 Å². The van der Waals surface area contributed by atoms with E-state index in [0.29, 0.717) is 31.4 Å². The van der Waals surface area contributed by atoms with Gasteiger partial charge in [0.2, 0.25) is 29.5 Å². The van der Waals surface area contributed by atoms with Gasteiger partial charge in [-0.3, -0.25) is 33.6 Å². The number of aliphatic hydroxyl groups is 1. The Morgan fingerprint density at radius 2 is 1.40 bits per heavy atom. The first-order chi connectivity index (χ1) is 30.8. The minimum Gasteiger partial charge on any atom is -0.508 e. The van der Waals surface area contributed by atoms with E-state index in [2.05, 4.69) is 37.2 Å². The van der Waals surface area contributed by atoms with Gasteiger partial charge < -0.3 is 69.7 Å². The number of nitrogens with one attached hydrogen (secondary N) is 7. The summed E-state index contributed by atoms with van der Waals surface area (Å²) in [5.41, 5.74) is 19.0. The Balaban J connectivity index is 1.94. The number of hydrogen-bond acceptors (Lipinski definition) is 13. The number of aromatic hydroxyl groups is 1. The molecule has 0 radical (unpaired) electrons. The fraction of sp³-hybridized carbons (Fsp3) is 0.545. The summed E-state index contributed by atoms with van der Waals surface area (Å²) in [7, 11) is 0. The van der Waals surface area contributed by atoms with Crippen molar-refractivity contribution in [3.8, 4) is 5.75 Å². The standard InChI is InChI=1S/C44H66N10O11/c1-24(2)35(44(64)65)53-41(61)34-12-6-9-19-49-38(58)28-21-27(22-29(46)23-28)37(57)48-18-8-5-11-33(42(62)54-36(25(3)55)43(63)52-34)51-40(60)32(10-4-7-17-45)50-39(59)31(47)20-26-13-15-30(56)16-14-26/h13-16,21-25,31-36,55-56H,4-12,17-20,45-47H2,1-3H3,(H,48,57)(H,49,58)(H,50,59)(H,51,60)(H,52,63)(H,53,61)(H,54,62)(H,64,65)/t25-,31+,32+,33+,34?,35+,36?/m1/s1. The van der Waals surface area contributed by atoms with E-state index in [4.69, 9.17) is 17.2 Å². The number of fused-ring (bicyclic) bond motifs is 2. The molecule has 3 rings (SSSR count). The molecule has 1 heterocycles. The lowest BCUT2D eigenvalue weighted by Gasteiger charge is -2.28. The first-order valence-corrected chi connectivity index (χ1v) is 21.9. The Labute approximate surface area is 378 Å². The van der Waals surface area contributed by atoms with Crippen LogP contribution in [-0.2, 0) is 35.2 Å². The van der Waals surface area contributed by atoms with Crippen LogP contribution < -0.4 is 54.4 Å². The lowest BCUT2D eigenvalue weighted by molar-refractivity contribution is -0.143. The highest BCUT2D eigenvalue weighted by atomic mass is 16.4. The number of aliphatic hydroxyl groups excluding tert-OH is 1. The van der Waals surface area contributed by atoms with Crippen molar-refractivity contribution in [3.63, 3.8) is 0 Å². The van der Waals surface area contributed by atoms with E-state index in [0.717, 1.165) is 0 Å². The van der Waals surface area contributed by atoms with E-state index < -0.39 is 95.6 Å². The highest BCUT2D eigenvalue weighted by Crippen LogP contribution is 2.15. The molecular formula is C44H66N10O11. The molecule has 16 N–H and O–H groups in total. The van der Waals surface area contributed by atoms with Crippen LogP contribution in [-0.4, -0.2) is 125 Å². The van der Waals surface area contributed by atoms with Crippen molar-refractivity contribution in [3.05, 3.63) is 59.2 Å². The molecule has 0 fully saturated rings. The van der Waals surface area contributed by atoms with Crippen LogP contribution in [0.1, 0.15) is 105 Å². The monoisotopic (exact) mass is 910 g/mol. The summed E-state index contributed by atoms with van der Waals surface area (Å²) in [6.07, 6.45) is 0.532. The van der Waals surface area contributed by atoms with Crippen molar-refractivity contribution in [1.82, 2.24) is 37.2 Å². The molecule has 1 aliphatic heterocycles. The average Bonchev–Trinajstić information content (AvgIpc) is 3.25. The Morgan fingerprint density at radius 3 is 1.95 bits per heavy atom. The van der Waals surface area contributed by atoms with Gasteiger partial charge in [0.05, 0.1) is 12.1 Å². The number of aliphatic carboxylic acids is 1. The van der Waals surface area contributed by atoms with Gasteiger partial charge in [0, 0.05) is 29.9 Å². The Kier molecular flexibility index (Phi) is 21.6. The van der Waals surface area contributed by atoms with Gasteiger partial charge in [-0.1, -0.05) is 26.0 Å². The van der Waals surface area contributed by atoms with Crippen molar-refractivity contribution < 1.29 is 53.7 Å². The van der Waals surface area contributed by atoms with Crippen LogP contribution in [0, 0.1) is 5.92 Å². The Morgan fingerprint density at radius 1 is 0.800 bits per heavy atom. The van der Waals surface area contributed by atoms with E-state index in [1.165, 1.54) is 37.3 Å². The molecule has 0 saturated heterocycles. The van der Waals surface area contributed by atoms with Gasteiger partial charge in [-0.2, -0.15) is 0 Å². The summed E-state index contributed by atoms with van der Waals surface area (Å²) in [4.78, 5) is 107. The van der Waals surface area contributed by atoms with Crippen LogP contribution in [0.4, 0.5) is 5.69 Å². The Bertz CT molecular complexity index is 1960. The second-order valence-electron chi connectivity index (χ2n) is 16.6. The zero-order valence-electron chi connectivity index (χ0n) is 37.2. The van der Waals surface area contributed by atoms with E-state index in [1.807, 2.05) is 0 Å². The predicted molar refractivity (Wildman–Crippen MR) is 240 cm³/mol. The van der Waals surface area contributed by atoms with Crippen molar-refractivity contribution >= 4 is 53.0 Å². The molecule has 2 aromatic carbocycles. The number of carbonyl (C=O) groups is 8. The van der Waals surface area contributed by atoms with Crippen molar-refractivity contribution in [2.24, 2.45) is 17.4 Å². The Hall–Kier alpha value is -6.32. The van der Waals surface area contributed by atoms with Gasteiger partial charge in [-0.05, 0) is 119 Å². The van der Waals surface area contributed by atoms with Gasteiger partial charge in [-0.25, -0.2) is 4.79 Å². The molecule has 1 aliphatic rings. The molecule has 358 valence electrons. The van der Waals surface area contributed by atoms with Crippen molar-refractivity contribution in [2.45, 2.75) is 127 Å². The third kappa shape index (κ3) is 17.6. The zero-order valence-corrected chi connectivity index (χ0v) is 37.2. The molecule has 2 aromatic rings.